The van der Waals surface area contributed by atoms with Crippen LogP contribution in [0.5, 0.6) is 5.75 Å². The van der Waals surface area contributed by atoms with Gasteiger partial charge < -0.3 is 14.7 Å². The fourth-order valence-corrected chi connectivity index (χ4v) is 2.19. The van der Waals surface area contributed by atoms with Crippen LogP contribution < -0.4 is 0 Å². The van der Waals surface area contributed by atoms with E-state index in [1.807, 2.05) is 32.9 Å². The van der Waals surface area contributed by atoms with E-state index in [0.717, 1.165) is 25.1 Å². The number of aromatic hydroxyl groups is 1. The SMILES string of the molecule is CC(C)(C)OC(=O)N1CC(Cc2cccc(O)c2)C1. The fourth-order valence-electron chi connectivity index (χ4n) is 2.19. The van der Waals surface area contributed by atoms with Gasteiger partial charge in [0.25, 0.3) is 0 Å². The number of hydrogen-bond donors (Lipinski definition) is 1. The monoisotopic (exact) mass is 263 g/mol. The zero-order valence-corrected chi connectivity index (χ0v) is 11.7. The first-order valence-corrected chi connectivity index (χ1v) is 6.59. The Morgan fingerprint density at radius 3 is 2.68 bits per heavy atom. The van der Waals surface area contributed by atoms with Crippen LogP contribution in [0.3, 0.4) is 0 Å². The van der Waals surface area contributed by atoms with Crippen LogP contribution in [0, 0.1) is 5.92 Å². The Kier molecular flexibility index (Phi) is 3.69. The van der Waals surface area contributed by atoms with E-state index in [0.29, 0.717) is 11.7 Å². The van der Waals surface area contributed by atoms with E-state index >= 15 is 0 Å². The van der Waals surface area contributed by atoms with E-state index in [2.05, 4.69) is 0 Å². The van der Waals surface area contributed by atoms with Crippen molar-refractivity contribution in [1.82, 2.24) is 4.90 Å². The van der Waals surface area contributed by atoms with Crippen LogP contribution in [-0.4, -0.2) is 34.8 Å². The number of benzene rings is 1. The average Bonchev–Trinajstić information content (AvgIpc) is 2.20. The molecule has 1 aliphatic rings. The van der Waals surface area contributed by atoms with Gasteiger partial charge in [0.2, 0.25) is 0 Å². The summed E-state index contributed by atoms with van der Waals surface area (Å²) < 4.78 is 5.31. The molecule has 1 fully saturated rings. The Labute approximate surface area is 114 Å². The third kappa shape index (κ3) is 3.88. The van der Waals surface area contributed by atoms with Crippen molar-refractivity contribution in [2.45, 2.75) is 32.8 Å². The van der Waals surface area contributed by atoms with Crippen molar-refractivity contribution in [1.29, 1.82) is 0 Å². The summed E-state index contributed by atoms with van der Waals surface area (Å²) in [5.74, 6) is 0.746. The summed E-state index contributed by atoms with van der Waals surface area (Å²) in [7, 11) is 0. The summed E-state index contributed by atoms with van der Waals surface area (Å²) in [6.07, 6.45) is 0.646. The average molecular weight is 263 g/mol. The number of likely N-dealkylation sites (tertiary alicyclic amines) is 1. The Balaban J connectivity index is 1.79. The molecular weight excluding hydrogens is 242 g/mol. The van der Waals surface area contributed by atoms with Gasteiger partial charge in [-0.05, 0) is 50.8 Å². The molecule has 0 saturated carbocycles. The minimum Gasteiger partial charge on any atom is -0.508 e. The second-order valence-corrected chi connectivity index (χ2v) is 6.13. The molecule has 1 amide bonds. The number of amides is 1. The van der Waals surface area contributed by atoms with Crippen LogP contribution in [0.25, 0.3) is 0 Å². The molecule has 4 heteroatoms. The maximum absolute atomic E-state index is 11.8. The topological polar surface area (TPSA) is 49.8 Å². The van der Waals surface area contributed by atoms with Crippen LogP contribution in [0.2, 0.25) is 0 Å². The van der Waals surface area contributed by atoms with Crippen molar-refractivity contribution in [3.63, 3.8) is 0 Å². The number of ether oxygens (including phenoxy) is 1. The Morgan fingerprint density at radius 1 is 1.42 bits per heavy atom. The zero-order valence-electron chi connectivity index (χ0n) is 11.7. The zero-order chi connectivity index (χ0) is 14.0. The third-order valence-electron chi connectivity index (χ3n) is 3.04. The molecule has 1 saturated heterocycles. The molecule has 2 rings (SSSR count). The highest BCUT2D eigenvalue weighted by Gasteiger charge is 2.33. The molecule has 104 valence electrons. The summed E-state index contributed by atoms with van der Waals surface area (Å²) in [6, 6.07) is 7.28. The van der Waals surface area contributed by atoms with Gasteiger partial charge >= 0.3 is 6.09 Å². The van der Waals surface area contributed by atoms with Gasteiger partial charge in [-0.1, -0.05) is 12.1 Å². The second-order valence-electron chi connectivity index (χ2n) is 6.13. The third-order valence-corrected chi connectivity index (χ3v) is 3.04. The van der Waals surface area contributed by atoms with Crippen LogP contribution in [0.1, 0.15) is 26.3 Å². The van der Waals surface area contributed by atoms with Crippen molar-refractivity contribution in [3.8, 4) is 5.75 Å². The van der Waals surface area contributed by atoms with Gasteiger partial charge in [0.05, 0.1) is 0 Å². The molecule has 0 atom stereocenters. The fraction of sp³-hybridized carbons (Fsp3) is 0.533. The summed E-state index contributed by atoms with van der Waals surface area (Å²) in [5, 5.41) is 9.40. The number of hydrogen-bond acceptors (Lipinski definition) is 3. The first-order chi connectivity index (χ1) is 8.83. The molecule has 1 aromatic carbocycles. The summed E-state index contributed by atoms with van der Waals surface area (Å²) in [6.45, 7) is 7.06. The maximum Gasteiger partial charge on any atom is 0.410 e. The van der Waals surface area contributed by atoms with E-state index in [4.69, 9.17) is 4.74 Å². The van der Waals surface area contributed by atoms with E-state index in [9.17, 15) is 9.90 Å². The smallest absolute Gasteiger partial charge is 0.410 e. The molecule has 0 aliphatic carbocycles. The van der Waals surface area contributed by atoms with Crippen LogP contribution in [0.4, 0.5) is 4.79 Å². The molecular formula is C15H21NO3. The number of phenols is 1. The van der Waals surface area contributed by atoms with Gasteiger partial charge in [0.1, 0.15) is 11.4 Å². The first-order valence-electron chi connectivity index (χ1n) is 6.59. The highest BCUT2D eigenvalue weighted by atomic mass is 16.6. The largest absolute Gasteiger partial charge is 0.508 e. The number of carbonyl (C=O) groups is 1. The predicted molar refractivity (Wildman–Crippen MR) is 73.1 cm³/mol. The summed E-state index contributed by atoms with van der Waals surface area (Å²) in [4.78, 5) is 13.5. The van der Waals surface area contributed by atoms with Crippen LogP contribution in [0.15, 0.2) is 24.3 Å². The van der Waals surface area contributed by atoms with E-state index in [-0.39, 0.29) is 6.09 Å². The minimum atomic E-state index is -0.437. The number of rotatable bonds is 2. The Hall–Kier alpha value is -1.71. The molecule has 0 aromatic heterocycles. The van der Waals surface area contributed by atoms with Gasteiger partial charge in [-0.3, -0.25) is 0 Å². The standard InChI is InChI=1S/C15H21NO3/c1-15(2,3)19-14(18)16-9-12(10-16)7-11-5-4-6-13(17)8-11/h4-6,8,12,17H,7,9-10H2,1-3H3. The lowest BCUT2D eigenvalue weighted by molar-refractivity contribution is -0.000888. The van der Waals surface area contributed by atoms with Gasteiger partial charge in [0, 0.05) is 13.1 Å². The number of carbonyl (C=O) groups excluding carboxylic acids is 1. The minimum absolute atomic E-state index is 0.236. The lowest BCUT2D eigenvalue weighted by Gasteiger charge is -2.39. The quantitative estimate of drug-likeness (QED) is 0.892. The Bertz CT molecular complexity index is 459. The van der Waals surface area contributed by atoms with Crippen LogP contribution in [-0.2, 0) is 11.2 Å². The highest BCUT2D eigenvalue weighted by Crippen LogP contribution is 2.24. The molecule has 1 aromatic rings. The van der Waals surface area contributed by atoms with Crippen LogP contribution >= 0.6 is 0 Å². The molecule has 0 unspecified atom stereocenters. The summed E-state index contributed by atoms with van der Waals surface area (Å²) >= 11 is 0. The van der Waals surface area contributed by atoms with Gasteiger partial charge in [-0.2, -0.15) is 0 Å². The molecule has 4 nitrogen and oxygen atoms in total. The number of nitrogens with zero attached hydrogens (tertiary/aromatic N) is 1. The lowest BCUT2D eigenvalue weighted by atomic mass is 9.92. The second kappa shape index (κ2) is 5.11. The van der Waals surface area contributed by atoms with Gasteiger partial charge in [0.15, 0.2) is 0 Å². The van der Waals surface area contributed by atoms with Crippen molar-refractivity contribution in [3.05, 3.63) is 29.8 Å². The molecule has 1 N–H and O–H groups in total. The molecule has 0 spiro atoms. The summed E-state index contributed by atoms with van der Waals surface area (Å²) in [5.41, 5.74) is 0.668. The van der Waals surface area contributed by atoms with E-state index in [1.165, 1.54) is 0 Å². The normalized spacial score (nSPS) is 16.1. The van der Waals surface area contributed by atoms with Gasteiger partial charge in [-0.15, -0.1) is 0 Å². The highest BCUT2D eigenvalue weighted by molar-refractivity contribution is 5.69. The molecule has 0 radical (unpaired) electrons. The molecule has 19 heavy (non-hydrogen) atoms. The van der Waals surface area contributed by atoms with Crippen molar-refractivity contribution in [2.24, 2.45) is 5.92 Å². The van der Waals surface area contributed by atoms with E-state index in [1.54, 1.807) is 17.0 Å². The Morgan fingerprint density at radius 2 is 2.11 bits per heavy atom. The molecule has 1 aliphatic heterocycles. The molecule has 0 bridgehead atoms. The van der Waals surface area contributed by atoms with Crippen molar-refractivity contribution in [2.75, 3.05) is 13.1 Å². The predicted octanol–water partition coefficient (Wildman–Crippen LogP) is 2.80. The lowest BCUT2D eigenvalue weighted by Crippen LogP contribution is -2.52. The van der Waals surface area contributed by atoms with Crippen molar-refractivity contribution < 1.29 is 14.6 Å². The van der Waals surface area contributed by atoms with Gasteiger partial charge in [-0.25, -0.2) is 4.79 Å². The first kappa shape index (κ1) is 13.7. The van der Waals surface area contributed by atoms with Crippen molar-refractivity contribution >= 4 is 6.09 Å². The molecule has 1 heterocycles. The number of phenolic OH excluding ortho intramolecular Hbond substituents is 1. The van der Waals surface area contributed by atoms with E-state index < -0.39 is 5.60 Å². The maximum atomic E-state index is 11.8.